The highest BCUT2D eigenvalue weighted by Crippen LogP contribution is 2.44. The molecule has 0 spiro atoms. The van der Waals surface area contributed by atoms with Crippen LogP contribution in [0.2, 0.25) is 0 Å². The first-order valence-corrected chi connectivity index (χ1v) is 7.40. The fourth-order valence-corrected chi connectivity index (χ4v) is 3.51. The Morgan fingerprint density at radius 2 is 1.67 bits per heavy atom. The van der Waals surface area contributed by atoms with Crippen LogP contribution in [0.5, 0.6) is 0 Å². The molecule has 0 heterocycles. The molecule has 3 heteroatoms. The first-order valence-electron chi connectivity index (χ1n) is 6.43. The minimum atomic E-state index is -0.187. The maximum atomic E-state index is 6.45. The van der Waals surface area contributed by atoms with E-state index in [0.29, 0.717) is 5.88 Å². The standard InChI is InChI=1S/C15H25Cl2N/c1-9-10(2)13(12(17)8-16)15(7,11(9)3)18-14(4,5)6/h12,18H,8H2,1-7H3. The predicted molar refractivity (Wildman–Crippen MR) is 82.7 cm³/mol. The highest BCUT2D eigenvalue weighted by Gasteiger charge is 2.43. The summed E-state index contributed by atoms with van der Waals surface area (Å²) in [5, 5.41) is 3.59. The Hall–Kier alpha value is 0.0200. The van der Waals surface area contributed by atoms with Crippen molar-refractivity contribution in [3.8, 4) is 0 Å². The molecule has 1 rings (SSSR count). The maximum Gasteiger partial charge on any atom is 0.0707 e. The molecule has 2 unspecified atom stereocenters. The average Bonchev–Trinajstić information content (AvgIpc) is 2.37. The molecular weight excluding hydrogens is 265 g/mol. The Kier molecular flexibility index (Phi) is 4.63. The van der Waals surface area contributed by atoms with Crippen LogP contribution in [0.15, 0.2) is 22.3 Å². The van der Waals surface area contributed by atoms with Crippen LogP contribution in [0.1, 0.15) is 48.5 Å². The number of halogens is 2. The van der Waals surface area contributed by atoms with Crippen LogP contribution in [0.25, 0.3) is 0 Å². The second-order valence-corrected chi connectivity index (χ2v) is 7.25. The van der Waals surface area contributed by atoms with Gasteiger partial charge in [-0.1, -0.05) is 0 Å². The van der Waals surface area contributed by atoms with E-state index in [1.54, 1.807) is 0 Å². The lowest BCUT2D eigenvalue weighted by molar-refractivity contribution is 0.330. The zero-order chi connectivity index (χ0) is 14.3. The van der Waals surface area contributed by atoms with E-state index in [-0.39, 0.29) is 16.5 Å². The van der Waals surface area contributed by atoms with Gasteiger partial charge in [-0.15, -0.1) is 23.2 Å². The molecule has 0 aromatic heterocycles. The van der Waals surface area contributed by atoms with Crippen molar-refractivity contribution in [1.82, 2.24) is 5.32 Å². The van der Waals surface area contributed by atoms with E-state index >= 15 is 0 Å². The van der Waals surface area contributed by atoms with Crippen LogP contribution in [0, 0.1) is 0 Å². The molecule has 1 N–H and O–H groups in total. The highest BCUT2D eigenvalue weighted by molar-refractivity contribution is 6.29. The molecule has 0 aliphatic heterocycles. The molecular formula is C15H25Cl2N. The van der Waals surface area contributed by atoms with Crippen molar-refractivity contribution in [2.75, 3.05) is 5.88 Å². The fraction of sp³-hybridized carbons (Fsp3) is 0.733. The van der Waals surface area contributed by atoms with E-state index in [2.05, 4.69) is 53.8 Å². The van der Waals surface area contributed by atoms with Crippen molar-refractivity contribution < 1.29 is 0 Å². The van der Waals surface area contributed by atoms with Gasteiger partial charge in [0.2, 0.25) is 0 Å². The summed E-state index contributed by atoms with van der Waals surface area (Å²) in [5.74, 6) is 0.441. The van der Waals surface area contributed by atoms with Gasteiger partial charge in [0.1, 0.15) is 0 Å². The lowest BCUT2D eigenvalue weighted by atomic mass is 9.84. The molecule has 0 aromatic rings. The van der Waals surface area contributed by atoms with Gasteiger partial charge in [0.05, 0.1) is 10.9 Å². The molecule has 0 amide bonds. The first kappa shape index (κ1) is 16.1. The lowest BCUT2D eigenvalue weighted by Gasteiger charge is -2.40. The molecule has 18 heavy (non-hydrogen) atoms. The molecule has 0 saturated heterocycles. The molecule has 0 bridgehead atoms. The predicted octanol–water partition coefficient (Wildman–Crippen LogP) is 4.65. The number of hydrogen-bond acceptors (Lipinski definition) is 1. The van der Waals surface area contributed by atoms with Gasteiger partial charge in [-0.05, 0) is 70.8 Å². The van der Waals surface area contributed by atoms with Crippen LogP contribution < -0.4 is 5.32 Å². The largest absolute Gasteiger partial charge is 0.300 e. The van der Waals surface area contributed by atoms with E-state index in [9.17, 15) is 0 Å². The van der Waals surface area contributed by atoms with Crippen molar-refractivity contribution in [3.05, 3.63) is 22.3 Å². The molecule has 2 atom stereocenters. The Morgan fingerprint density at radius 1 is 1.17 bits per heavy atom. The monoisotopic (exact) mass is 289 g/mol. The molecule has 0 saturated carbocycles. The second-order valence-electron chi connectivity index (χ2n) is 6.41. The molecule has 1 aliphatic rings. The van der Waals surface area contributed by atoms with Crippen LogP contribution in [0.3, 0.4) is 0 Å². The third-order valence-corrected chi connectivity index (χ3v) is 4.73. The quantitative estimate of drug-likeness (QED) is 0.746. The van der Waals surface area contributed by atoms with E-state index in [1.165, 1.54) is 22.3 Å². The molecule has 1 aliphatic carbocycles. The van der Waals surface area contributed by atoms with Crippen molar-refractivity contribution in [3.63, 3.8) is 0 Å². The summed E-state index contributed by atoms with van der Waals surface area (Å²) in [4.78, 5) is 0. The summed E-state index contributed by atoms with van der Waals surface area (Å²) in [6, 6.07) is 0. The number of allylic oxidation sites excluding steroid dienone is 2. The smallest absolute Gasteiger partial charge is 0.0707 e. The summed E-state index contributed by atoms with van der Waals surface area (Å²) >= 11 is 12.4. The van der Waals surface area contributed by atoms with Gasteiger partial charge in [-0.2, -0.15) is 0 Å². The van der Waals surface area contributed by atoms with Crippen LogP contribution >= 0.6 is 23.2 Å². The fourth-order valence-electron chi connectivity index (χ4n) is 2.97. The summed E-state index contributed by atoms with van der Waals surface area (Å²) < 4.78 is 0. The Balaban J connectivity index is 3.30. The van der Waals surface area contributed by atoms with E-state index in [0.717, 1.165) is 0 Å². The molecule has 0 aromatic carbocycles. The zero-order valence-electron chi connectivity index (χ0n) is 12.5. The van der Waals surface area contributed by atoms with Crippen molar-refractivity contribution >= 4 is 23.2 Å². The Labute approximate surface area is 122 Å². The summed E-state index contributed by atoms with van der Waals surface area (Å²) in [7, 11) is 0. The minimum Gasteiger partial charge on any atom is -0.300 e. The van der Waals surface area contributed by atoms with Gasteiger partial charge in [-0.3, -0.25) is 5.32 Å². The molecule has 0 radical (unpaired) electrons. The van der Waals surface area contributed by atoms with Crippen LogP contribution in [-0.2, 0) is 0 Å². The Bertz CT molecular complexity index is 401. The first-order chi connectivity index (χ1) is 8.04. The third-order valence-electron chi connectivity index (χ3n) is 3.89. The van der Waals surface area contributed by atoms with Crippen molar-refractivity contribution in [2.24, 2.45) is 0 Å². The summed E-state index contributed by atoms with van der Waals surface area (Å²) in [6.45, 7) is 15.2. The Morgan fingerprint density at radius 3 is 2.06 bits per heavy atom. The topological polar surface area (TPSA) is 12.0 Å². The van der Waals surface area contributed by atoms with E-state index < -0.39 is 0 Å². The van der Waals surface area contributed by atoms with Gasteiger partial charge in [-0.25, -0.2) is 0 Å². The minimum absolute atomic E-state index is 0.0229. The van der Waals surface area contributed by atoms with Gasteiger partial charge in [0, 0.05) is 11.4 Å². The maximum absolute atomic E-state index is 6.45. The second kappa shape index (κ2) is 5.19. The van der Waals surface area contributed by atoms with E-state index in [1.807, 2.05) is 0 Å². The SMILES string of the molecule is CC1=C(C)C(C)(NC(C)(C)C)C(C(Cl)CCl)=C1C. The average molecular weight is 290 g/mol. The third kappa shape index (κ3) is 2.79. The van der Waals surface area contributed by atoms with Gasteiger partial charge in [0.25, 0.3) is 0 Å². The van der Waals surface area contributed by atoms with Gasteiger partial charge >= 0.3 is 0 Å². The zero-order valence-corrected chi connectivity index (χ0v) is 14.1. The number of nitrogens with one attached hydrogen (secondary N) is 1. The molecule has 104 valence electrons. The highest BCUT2D eigenvalue weighted by atomic mass is 35.5. The summed E-state index contributed by atoms with van der Waals surface area (Å²) in [6.07, 6.45) is 0. The van der Waals surface area contributed by atoms with Crippen molar-refractivity contribution in [2.45, 2.75) is 64.9 Å². The normalized spacial score (nSPS) is 27.2. The van der Waals surface area contributed by atoms with Crippen LogP contribution in [0.4, 0.5) is 0 Å². The lowest BCUT2D eigenvalue weighted by Crippen LogP contribution is -2.54. The number of hydrogen-bond donors (Lipinski definition) is 1. The van der Waals surface area contributed by atoms with Crippen molar-refractivity contribution in [1.29, 1.82) is 0 Å². The number of alkyl halides is 2. The van der Waals surface area contributed by atoms with Gasteiger partial charge < -0.3 is 0 Å². The molecule has 0 fully saturated rings. The molecule has 1 nitrogen and oxygen atoms in total. The van der Waals surface area contributed by atoms with E-state index in [4.69, 9.17) is 23.2 Å². The number of rotatable bonds is 3. The van der Waals surface area contributed by atoms with Crippen LogP contribution in [-0.4, -0.2) is 22.3 Å². The summed E-state index contributed by atoms with van der Waals surface area (Å²) in [5.41, 5.74) is 5.03. The van der Waals surface area contributed by atoms with Gasteiger partial charge in [0.15, 0.2) is 0 Å².